The summed E-state index contributed by atoms with van der Waals surface area (Å²) in [4.78, 5) is 42.5. The molecule has 2 N–H and O–H groups in total. The quantitative estimate of drug-likeness (QED) is 0.417. The third-order valence-electron chi connectivity index (χ3n) is 3.37. The standard InChI is InChI=1S/C19H14ClF3N4O4/c1-3-31-17(29)12-9-14(20)26-13(16(12)27-18(30)19(21,22)23)5-4-11-6-7-24-15(8-11)25-10(2)28/h6-9H,3H2,1-2H3,(H,27,30)(H,24,25,28). The van der Waals surface area contributed by atoms with Crippen molar-refractivity contribution in [2.45, 2.75) is 20.0 Å². The Bertz CT molecular complexity index is 1090. The number of hydrogen-bond acceptors (Lipinski definition) is 6. The van der Waals surface area contributed by atoms with E-state index < -0.39 is 35.0 Å². The molecule has 2 aromatic heterocycles. The number of rotatable bonds is 4. The number of esters is 1. The van der Waals surface area contributed by atoms with Crippen molar-refractivity contribution in [1.29, 1.82) is 0 Å². The number of carbonyl (C=O) groups is 3. The largest absolute Gasteiger partial charge is 0.471 e. The molecule has 0 saturated heterocycles. The van der Waals surface area contributed by atoms with Crippen LogP contribution in [0.2, 0.25) is 5.15 Å². The summed E-state index contributed by atoms with van der Waals surface area (Å²) < 4.78 is 43.1. The van der Waals surface area contributed by atoms with Crippen molar-refractivity contribution in [1.82, 2.24) is 9.97 Å². The van der Waals surface area contributed by atoms with Gasteiger partial charge in [0.25, 0.3) is 0 Å². The molecule has 12 heteroatoms. The van der Waals surface area contributed by atoms with Gasteiger partial charge in [-0.2, -0.15) is 13.2 Å². The Balaban J connectivity index is 2.57. The Morgan fingerprint density at radius 2 is 1.90 bits per heavy atom. The lowest BCUT2D eigenvalue weighted by Crippen LogP contribution is -2.31. The zero-order valence-corrected chi connectivity index (χ0v) is 16.8. The number of halogens is 4. The third-order valence-corrected chi connectivity index (χ3v) is 3.56. The summed E-state index contributed by atoms with van der Waals surface area (Å²) in [6, 6.07) is 3.82. The summed E-state index contributed by atoms with van der Waals surface area (Å²) in [7, 11) is 0. The number of pyridine rings is 2. The number of carbonyl (C=O) groups excluding carboxylic acids is 3. The average molecular weight is 455 g/mol. The molecule has 0 bridgehead atoms. The minimum Gasteiger partial charge on any atom is -0.462 e. The van der Waals surface area contributed by atoms with E-state index >= 15 is 0 Å². The van der Waals surface area contributed by atoms with E-state index in [1.54, 1.807) is 5.32 Å². The molecule has 8 nitrogen and oxygen atoms in total. The summed E-state index contributed by atoms with van der Waals surface area (Å²) in [6.45, 7) is 2.70. The minimum absolute atomic E-state index is 0.0740. The fourth-order valence-corrected chi connectivity index (χ4v) is 2.37. The summed E-state index contributed by atoms with van der Waals surface area (Å²) in [6.07, 6.45) is -3.88. The highest BCUT2D eigenvalue weighted by Crippen LogP contribution is 2.26. The first-order valence-corrected chi connectivity index (χ1v) is 8.90. The van der Waals surface area contributed by atoms with Crippen LogP contribution in [0.15, 0.2) is 24.4 Å². The molecule has 2 heterocycles. The van der Waals surface area contributed by atoms with Crippen molar-refractivity contribution < 1.29 is 32.3 Å². The van der Waals surface area contributed by atoms with Gasteiger partial charge in [-0.25, -0.2) is 14.8 Å². The van der Waals surface area contributed by atoms with E-state index in [1.165, 1.54) is 32.2 Å². The van der Waals surface area contributed by atoms with Crippen molar-refractivity contribution in [2.75, 3.05) is 17.2 Å². The molecule has 0 aromatic carbocycles. The molecule has 31 heavy (non-hydrogen) atoms. The van der Waals surface area contributed by atoms with Gasteiger partial charge >= 0.3 is 18.1 Å². The lowest BCUT2D eigenvalue weighted by atomic mass is 10.1. The normalized spacial score (nSPS) is 10.5. The first kappa shape index (κ1) is 23.6. The molecule has 2 rings (SSSR count). The van der Waals surface area contributed by atoms with Gasteiger partial charge in [0, 0.05) is 18.7 Å². The molecule has 0 aliphatic heterocycles. The number of hydrogen-bond donors (Lipinski definition) is 2. The predicted molar refractivity (Wildman–Crippen MR) is 104 cm³/mol. The second-order valence-electron chi connectivity index (χ2n) is 5.75. The number of anilines is 2. The first-order chi connectivity index (χ1) is 14.5. The molecule has 0 fully saturated rings. The number of amides is 2. The van der Waals surface area contributed by atoms with Crippen molar-refractivity contribution in [2.24, 2.45) is 0 Å². The van der Waals surface area contributed by atoms with Crippen LogP contribution < -0.4 is 10.6 Å². The number of nitrogens with one attached hydrogen (secondary N) is 2. The highest BCUT2D eigenvalue weighted by Gasteiger charge is 2.40. The number of aromatic nitrogens is 2. The van der Waals surface area contributed by atoms with Crippen molar-refractivity contribution in [3.05, 3.63) is 46.4 Å². The van der Waals surface area contributed by atoms with Gasteiger partial charge in [-0.15, -0.1) is 0 Å². The van der Waals surface area contributed by atoms with E-state index in [2.05, 4.69) is 27.1 Å². The zero-order chi connectivity index (χ0) is 23.2. The summed E-state index contributed by atoms with van der Waals surface area (Å²) in [5.41, 5.74) is -1.14. The molecule has 2 amide bonds. The molecule has 0 radical (unpaired) electrons. The Labute approximate surface area is 179 Å². The van der Waals surface area contributed by atoms with Crippen LogP contribution in [-0.2, 0) is 14.3 Å². The van der Waals surface area contributed by atoms with Crippen LogP contribution in [0.3, 0.4) is 0 Å². The van der Waals surface area contributed by atoms with Gasteiger partial charge in [0.05, 0.1) is 17.9 Å². The molecule has 162 valence electrons. The second kappa shape index (κ2) is 9.90. The average Bonchev–Trinajstić information content (AvgIpc) is 2.66. The predicted octanol–water partition coefficient (Wildman–Crippen LogP) is 3.17. The molecule has 0 aliphatic carbocycles. The highest BCUT2D eigenvalue weighted by atomic mass is 35.5. The first-order valence-electron chi connectivity index (χ1n) is 8.52. The molecular weight excluding hydrogens is 441 g/mol. The number of nitrogens with zero attached hydrogens (tertiary/aromatic N) is 2. The van der Waals surface area contributed by atoms with Gasteiger partial charge in [-0.3, -0.25) is 9.59 Å². The zero-order valence-electron chi connectivity index (χ0n) is 16.1. The fraction of sp³-hybridized carbons (Fsp3) is 0.211. The fourth-order valence-electron chi connectivity index (χ4n) is 2.17. The lowest BCUT2D eigenvalue weighted by molar-refractivity contribution is -0.167. The van der Waals surface area contributed by atoms with E-state index in [1.807, 2.05) is 0 Å². The second-order valence-corrected chi connectivity index (χ2v) is 6.14. The lowest BCUT2D eigenvalue weighted by Gasteiger charge is -2.13. The Kier molecular flexibility index (Phi) is 7.55. The maximum atomic E-state index is 12.8. The monoisotopic (exact) mass is 454 g/mol. The van der Waals surface area contributed by atoms with Crippen molar-refractivity contribution in [3.63, 3.8) is 0 Å². The molecule has 2 aromatic rings. The summed E-state index contributed by atoms with van der Waals surface area (Å²) >= 11 is 5.88. The highest BCUT2D eigenvalue weighted by molar-refractivity contribution is 6.30. The maximum absolute atomic E-state index is 12.8. The van der Waals surface area contributed by atoms with Crippen LogP contribution in [0, 0.1) is 11.8 Å². The van der Waals surface area contributed by atoms with Gasteiger partial charge in [0.15, 0.2) is 0 Å². The van der Waals surface area contributed by atoms with Crippen LogP contribution in [0.25, 0.3) is 0 Å². The van der Waals surface area contributed by atoms with E-state index in [0.717, 1.165) is 6.07 Å². The van der Waals surface area contributed by atoms with Crippen molar-refractivity contribution in [3.8, 4) is 11.8 Å². The SMILES string of the molecule is CCOC(=O)c1cc(Cl)nc(C#Cc2ccnc(NC(C)=O)c2)c1NC(=O)C(F)(F)F. The van der Waals surface area contributed by atoms with Crippen LogP contribution >= 0.6 is 11.6 Å². The maximum Gasteiger partial charge on any atom is 0.471 e. The van der Waals surface area contributed by atoms with Crippen LogP contribution in [0.4, 0.5) is 24.7 Å². The molecule has 0 saturated carbocycles. The van der Waals surface area contributed by atoms with Crippen molar-refractivity contribution >= 4 is 40.9 Å². The van der Waals surface area contributed by atoms with Crippen LogP contribution in [0.5, 0.6) is 0 Å². The van der Waals surface area contributed by atoms with Gasteiger partial charge in [-0.1, -0.05) is 17.5 Å². The van der Waals surface area contributed by atoms with E-state index in [-0.39, 0.29) is 23.5 Å². The molecule has 0 spiro atoms. The molecule has 0 unspecified atom stereocenters. The Morgan fingerprint density at radius 3 is 2.52 bits per heavy atom. The Morgan fingerprint density at radius 1 is 1.19 bits per heavy atom. The van der Waals surface area contributed by atoms with Gasteiger partial charge in [-0.05, 0) is 31.0 Å². The molecule has 0 atom stereocenters. The van der Waals surface area contributed by atoms with E-state index in [9.17, 15) is 27.6 Å². The smallest absolute Gasteiger partial charge is 0.462 e. The van der Waals surface area contributed by atoms with Crippen LogP contribution in [-0.4, -0.2) is 40.5 Å². The third kappa shape index (κ3) is 6.68. The Hall–Kier alpha value is -3.65. The molecule has 0 aliphatic rings. The minimum atomic E-state index is -5.23. The number of ether oxygens (including phenoxy) is 1. The van der Waals surface area contributed by atoms with E-state index in [4.69, 9.17) is 16.3 Å². The molecular formula is C19H14ClF3N4O4. The van der Waals surface area contributed by atoms with Gasteiger partial charge in [0.1, 0.15) is 16.7 Å². The van der Waals surface area contributed by atoms with Gasteiger partial charge in [0.2, 0.25) is 5.91 Å². The summed E-state index contributed by atoms with van der Waals surface area (Å²) in [5, 5.41) is 3.79. The summed E-state index contributed by atoms with van der Waals surface area (Å²) in [5.74, 6) is 1.54. The topological polar surface area (TPSA) is 110 Å². The van der Waals surface area contributed by atoms with Gasteiger partial charge < -0.3 is 15.4 Å². The number of alkyl halides is 3. The van der Waals surface area contributed by atoms with Crippen LogP contribution in [0.1, 0.15) is 35.5 Å². The van der Waals surface area contributed by atoms with E-state index in [0.29, 0.717) is 5.56 Å².